The van der Waals surface area contributed by atoms with Crippen LogP contribution in [-0.2, 0) is 4.74 Å². The molecule has 1 unspecified atom stereocenters. The number of anilines is 2. The minimum Gasteiger partial charge on any atom is -0.398 e. The van der Waals surface area contributed by atoms with E-state index in [9.17, 15) is 0 Å². The molecule has 0 bridgehead atoms. The average Bonchev–Trinajstić information content (AvgIpc) is 2.75. The van der Waals surface area contributed by atoms with Crippen molar-refractivity contribution in [2.24, 2.45) is 0 Å². The van der Waals surface area contributed by atoms with Gasteiger partial charge < -0.3 is 26.1 Å². The number of nitrogens with zero attached hydrogens (tertiary/aromatic N) is 2. The summed E-state index contributed by atoms with van der Waals surface area (Å²) in [5.74, 6) is 0.663. The molecule has 1 aliphatic rings. The van der Waals surface area contributed by atoms with Crippen molar-refractivity contribution in [2.45, 2.75) is 5.92 Å². The SMILES string of the molecule is CNC=CC(C=N)c1ccc(N)c(C(=N)c2ccnc(N3CCOCC3)c2)c1. The molecular weight excluding hydrogens is 352 g/mol. The van der Waals surface area contributed by atoms with Crippen LogP contribution in [0.1, 0.15) is 22.6 Å². The van der Waals surface area contributed by atoms with Crippen molar-refractivity contribution >= 4 is 23.4 Å². The predicted molar refractivity (Wildman–Crippen MR) is 114 cm³/mol. The Balaban J connectivity index is 1.90. The molecule has 146 valence electrons. The second-order valence-corrected chi connectivity index (χ2v) is 6.56. The zero-order chi connectivity index (χ0) is 19.9. The van der Waals surface area contributed by atoms with E-state index in [1.807, 2.05) is 37.4 Å². The molecule has 1 fully saturated rings. The van der Waals surface area contributed by atoms with E-state index in [1.165, 1.54) is 6.21 Å². The lowest BCUT2D eigenvalue weighted by Gasteiger charge is -2.28. The maximum Gasteiger partial charge on any atom is 0.129 e. The Morgan fingerprint density at radius 3 is 2.79 bits per heavy atom. The molecule has 7 heteroatoms. The standard InChI is InChI=1S/C21H26N6O/c1-25-6-4-17(14-22)15-2-3-19(23)18(12-15)21(24)16-5-7-26-20(13-16)27-8-10-28-11-9-27/h2-7,12-14,17,22,24-25H,8-11,23H2,1H3. The molecule has 3 rings (SSSR count). The molecule has 1 aromatic carbocycles. The van der Waals surface area contributed by atoms with Gasteiger partial charge >= 0.3 is 0 Å². The summed E-state index contributed by atoms with van der Waals surface area (Å²) in [5, 5.41) is 19.4. The van der Waals surface area contributed by atoms with Gasteiger partial charge in [-0.15, -0.1) is 0 Å². The van der Waals surface area contributed by atoms with E-state index in [1.54, 1.807) is 18.5 Å². The first-order chi connectivity index (χ1) is 13.6. The smallest absolute Gasteiger partial charge is 0.129 e. The third kappa shape index (κ3) is 4.37. The molecule has 5 N–H and O–H groups in total. The van der Waals surface area contributed by atoms with Crippen LogP contribution in [0.3, 0.4) is 0 Å². The summed E-state index contributed by atoms with van der Waals surface area (Å²) in [6.45, 7) is 2.95. The number of morpholine rings is 1. The van der Waals surface area contributed by atoms with E-state index in [4.69, 9.17) is 21.3 Å². The zero-order valence-corrected chi connectivity index (χ0v) is 16.0. The Kier molecular flexibility index (Phi) is 6.39. The molecule has 1 aliphatic heterocycles. The summed E-state index contributed by atoms with van der Waals surface area (Å²) in [6, 6.07) is 9.34. The van der Waals surface area contributed by atoms with Crippen molar-refractivity contribution in [2.75, 3.05) is 44.0 Å². The summed E-state index contributed by atoms with van der Waals surface area (Å²) >= 11 is 0. The van der Waals surface area contributed by atoms with Crippen LogP contribution in [0.2, 0.25) is 0 Å². The average molecular weight is 378 g/mol. The van der Waals surface area contributed by atoms with Crippen LogP contribution < -0.4 is 16.0 Å². The first kappa shape index (κ1) is 19.6. The van der Waals surface area contributed by atoms with Crippen LogP contribution in [0.15, 0.2) is 48.8 Å². The van der Waals surface area contributed by atoms with Gasteiger partial charge in [0.25, 0.3) is 0 Å². The third-order valence-corrected chi connectivity index (χ3v) is 4.75. The number of nitrogen functional groups attached to an aromatic ring is 1. The van der Waals surface area contributed by atoms with Crippen LogP contribution in [0.5, 0.6) is 0 Å². The number of rotatable bonds is 7. The molecule has 2 aromatic rings. The lowest BCUT2D eigenvalue weighted by Crippen LogP contribution is -2.36. The largest absolute Gasteiger partial charge is 0.398 e. The molecule has 0 radical (unpaired) electrons. The minimum atomic E-state index is -0.180. The van der Waals surface area contributed by atoms with Crippen molar-refractivity contribution in [1.82, 2.24) is 10.3 Å². The van der Waals surface area contributed by atoms with Crippen molar-refractivity contribution < 1.29 is 4.74 Å². The molecular formula is C21H26N6O. The Bertz CT molecular complexity index is 873. The molecule has 0 saturated carbocycles. The fourth-order valence-electron chi connectivity index (χ4n) is 3.16. The van der Waals surface area contributed by atoms with Crippen LogP contribution in [-0.4, -0.2) is 50.3 Å². The lowest BCUT2D eigenvalue weighted by atomic mass is 9.93. The Morgan fingerprint density at radius 1 is 1.29 bits per heavy atom. The van der Waals surface area contributed by atoms with E-state index >= 15 is 0 Å². The van der Waals surface area contributed by atoms with Crippen LogP contribution in [0.4, 0.5) is 11.5 Å². The molecule has 1 saturated heterocycles. The highest BCUT2D eigenvalue weighted by molar-refractivity contribution is 6.14. The van der Waals surface area contributed by atoms with Gasteiger partial charge in [0.2, 0.25) is 0 Å². The minimum absolute atomic E-state index is 0.180. The van der Waals surface area contributed by atoms with Gasteiger partial charge in [0.1, 0.15) is 5.82 Å². The number of aromatic nitrogens is 1. The van der Waals surface area contributed by atoms with E-state index in [2.05, 4.69) is 15.2 Å². The molecule has 0 aliphatic carbocycles. The van der Waals surface area contributed by atoms with Crippen molar-refractivity contribution in [3.05, 3.63) is 65.5 Å². The fourth-order valence-corrected chi connectivity index (χ4v) is 3.16. The molecule has 2 heterocycles. The monoisotopic (exact) mass is 378 g/mol. The summed E-state index contributed by atoms with van der Waals surface area (Å²) < 4.78 is 5.40. The first-order valence-electron chi connectivity index (χ1n) is 9.26. The number of hydrogen-bond donors (Lipinski definition) is 4. The molecule has 0 spiro atoms. The first-order valence-corrected chi connectivity index (χ1v) is 9.26. The molecule has 28 heavy (non-hydrogen) atoms. The number of benzene rings is 1. The topological polar surface area (TPSA) is 111 Å². The third-order valence-electron chi connectivity index (χ3n) is 4.75. The Labute approximate surface area is 165 Å². The van der Waals surface area contributed by atoms with Gasteiger partial charge in [0.05, 0.1) is 18.9 Å². The van der Waals surface area contributed by atoms with E-state index < -0.39 is 0 Å². The van der Waals surface area contributed by atoms with Crippen molar-refractivity contribution in [1.29, 1.82) is 10.8 Å². The lowest BCUT2D eigenvalue weighted by molar-refractivity contribution is 0.122. The normalized spacial score (nSPS) is 15.4. The van der Waals surface area contributed by atoms with E-state index in [-0.39, 0.29) is 5.92 Å². The number of allylic oxidation sites excluding steroid dienone is 1. The maximum absolute atomic E-state index is 8.72. The predicted octanol–water partition coefficient (Wildman–Crippen LogP) is 2.38. The number of pyridine rings is 1. The number of nitrogens with two attached hydrogens (primary N) is 1. The van der Waals surface area contributed by atoms with E-state index in [0.29, 0.717) is 30.2 Å². The van der Waals surface area contributed by atoms with Crippen LogP contribution >= 0.6 is 0 Å². The molecule has 1 aromatic heterocycles. The van der Waals surface area contributed by atoms with Gasteiger partial charge in [-0.05, 0) is 36.0 Å². The maximum atomic E-state index is 8.72. The van der Waals surface area contributed by atoms with Crippen LogP contribution in [0.25, 0.3) is 0 Å². The summed E-state index contributed by atoms with van der Waals surface area (Å²) in [7, 11) is 1.82. The molecule has 7 nitrogen and oxygen atoms in total. The second-order valence-electron chi connectivity index (χ2n) is 6.56. The van der Waals surface area contributed by atoms with Gasteiger partial charge in [-0.2, -0.15) is 0 Å². The van der Waals surface area contributed by atoms with Gasteiger partial charge in [-0.25, -0.2) is 4.98 Å². The highest BCUT2D eigenvalue weighted by Gasteiger charge is 2.16. The fraction of sp³-hybridized carbons (Fsp3) is 0.286. The second kappa shape index (κ2) is 9.14. The van der Waals surface area contributed by atoms with Gasteiger partial charge in [0, 0.05) is 55.3 Å². The number of hydrogen-bond acceptors (Lipinski definition) is 7. The molecule has 0 amide bonds. The highest BCUT2D eigenvalue weighted by Crippen LogP contribution is 2.24. The zero-order valence-electron chi connectivity index (χ0n) is 16.0. The summed E-state index contributed by atoms with van der Waals surface area (Å²) in [4.78, 5) is 6.61. The van der Waals surface area contributed by atoms with Crippen molar-refractivity contribution in [3.63, 3.8) is 0 Å². The number of ether oxygens (including phenoxy) is 1. The van der Waals surface area contributed by atoms with Gasteiger partial charge in [-0.1, -0.05) is 12.1 Å². The van der Waals surface area contributed by atoms with Gasteiger partial charge in [-0.3, -0.25) is 5.41 Å². The molecule has 1 atom stereocenters. The summed E-state index contributed by atoms with van der Waals surface area (Å²) in [6.07, 6.45) is 6.80. The van der Waals surface area contributed by atoms with Crippen molar-refractivity contribution in [3.8, 4) is 0 Å². The van der Waals surface area contributed by atoms with Gasteiger partial charge in [0.15, 0.2) is 0 Å². The quantitative estimate of drug-likeness (QED) is 0.437. The summed E-state index contributed by atoms with van der Waals surface area (Å²) in [5.41, 5.74) is 9.40. The Morgan fingerprint density at radius 2 is 2.07 bits per heavy atom. The highest BCUT2D eigenvalue weighted by atomic mass is 16.5. The van der Waals surface area contributed by atoms with E-state index in [0.717, 1.165) is 30.0 Å². The Hall–Kier alpha value is -3.19. The van der Waals surface area contributed by atoms with Crippen LogP contribution in [0, 0.1) is 10.8 Å². The number of nitrogens with one attached hydrogen (secondary N) is 3.